The highest BCUT2D eigenvalue weighted by atomic mass is 19.1. The highest BCUT2D eigenvalue weighted by molar-refractivity contribution is 5.86. The first-order valence-electron chi connectivity index (χ1n) is 5.60. The van der Waals surface area contributed by atoms with Crippen molar-refractivity contribution in [1.82, 2.24) is 0 Å². The molecule has 1 aliphatic rings. The van der Waals surface area contributed by atoms with E-state index in [-0.39, 0.29) is 11.1 Å². The average molecular weight is 270 g/mol. The maximum absolute atomic E-state index is 13.8. The summed E-state index contributed by atoms with van der Waals surface area (Å²) >= 11 is 0. The van der Waals surface area contributed by atoms with Gasteiger partial charge >= 0.3 is 5.97 Å². The predicted molar refractivity (Wildman–Crippen MR) is 62.1 cm³/mol. The molecule has 19 heavy (non-hydrogen) atoms. The second kappa shape index (κ2) is 5.90. The molecular weight excluding hydrogens is 258 g/mol. The summed E-state index contributed by atoms with van der Waals surface area (Å²) in [6.45, 7) is 0.598. The Bertz CT molecular complexity index is 484. The summed E-state index contributed by atoms with van der Waals surface area (Å²) in [6.07, 6.45) is 1.33. The summed E-state index contributed by atoms with van der Waals surface area (Å²) < 4.78 is 42.1. The van der Waals surface area contributed by atoms with E-state index in [1.807, 2.05) is 0 Å². The van der Waals surface area contributed by atoms with Gasteiger partial charge in [0.2, 0.25) is 0 Å². The summed E-state index contributed by atoms with van der Waals surface area (Å²) in [7, 11) is 1.21. The minimum absolute atomic E-state index is 0.210. The Morgan fingerprint density at radius 2 is 1.89 bits per heavy atom. The van der Waals surface area contributed by atoms with Crippen LogP contribution in [0.4, 0.5) is 8.78 Å². The van der Waals surface area contributed by atoms with Gasteiger partial charge in [-0.3, -0.25) is 0 Å². The summed E-state index contributed by atoms with van der Waals surface area (Å²) in [6, 6.07) is 2.20. The van der Waals surface area contributed by atoms with Crippen LogP contribution in [0.25, 0.3) is 6.08 Å². The Labute approximate surface area is 108 Å². The van der Waals surface area contributed by atoms with E-state index in [4.69, 9.17) is 9.47 Å². The normalized spacial score (nSPS) is 16.2. The molecule has 0 atom stereocenters. The van der Waals surface area contributed by atoms with Crippen LogP contribution < -0.4 is 0 Å². The summed E-state index contributed by atoms with van der Waals surface area (Å²) in [4.78, 5) is 10.9. The van der Waals surface area contributed by atoms with Gasteiger partial charge in [0.05, 0.1) is 25.9 Å². The number of carbonyl (C=O) groups excluding carboxylic acids is 1. The number of halogens is 2. The zero-order valence-corrected chi connectivity index (χ0v) is 10.2. The quantitative estimate of drug-likeness (QED) is 0.624. The molecule has 0 unspecified atom stereocenters. The van der Waals surface area contributed by atoms with E-state index in [0.717, 1.165) is 18.2 Å². The number of methoxy groups -OCH3 is 1. The number of rotatable bonds is 3. The molecule has 4 nitrogen and oxygen atoms in total. The van der Waals surface area contributed by atoms with E-state index in [0.29, 0.717) is 13.2 Å². The highest BCUT2D eigenvalue weighted by Crippen LogP contribution is 2.29. The van der Waals surface area contributed by atoms with Crippen LogP contribution >= 0.6 is 0 Å². The molecule has 0 N–H and O–H groups in total. The van der Waals surface area contributed by atoms with E-state index >= 15 is 0 Å². The molecule has 6 heteroatoms. The van der Waals surface area contributed by atoms with Gasteiger partial charge in [-0.15, -0.1) is 0 Å². The fourth-order valence-corrected chi connectivity index (χ4v) is 1.68. The van der Waals surface area contributed by atoms with Gasteiger partial charge in [-0.05, 0) is 23.8 Å². The molecule has 0 amide bonds. The van der Waals surface area contributed by atoms with Crippen LogP contribution in [0.1, 0.15) is 17.4 Å². The maximum atomic E-state index is 13.8. The first-order chi connectivity index (χ1) is 9.11. The lowest BCUT2D eigenvalue weighted by Gasteiger charge is -2.12. The fraction of sp³-hybridized carbons (Fsp3) is 0.308. The van der Waals surface area contributed by atoms with Crippen LogP contribution in [-0.2, 0) is 19.0 Å². The summed E-state index contributed by atoms with van der Waals surface area (Å²) in [5, 5.41) is 0. The van der Waals surface area contributed by atoms with Crippen LogP contribution in [-0.4, -0.2) is 26.3 Å². The van der Waals surface area contributed by atoms with E-state index in [1.54, 1.807) is 0 Å². The number of esters is 1. The SMILES string of the molecule is COC(=O)/C=C/c1cc(F)c(C2OCCO2)c(F)c1. The third-order valence-electron chi connectivity index (χ3n) is 2.57. The topological polar surface area (TPSA) is 44.8 Å². The van der Waals surface area contributed by atoms with Gasteiger partial charge in [-0.25, -0.2) is 13.6 Å². The van der Waals surface area contributed by atoms with Crippen LogP contribution in [0, 0.1) is 11.6 Å². The van der Waals surface area contributed by atoms with Crippen molar-refractivity contribution < 1.29 is 27.8 Å². The van der Waals surface area contributed by atoms with E-state index < -0.39 is 23.9 Å². The minimum atomic E-state index is -1.02. The molecule has 1 heterocycles. The third kappa shape index (κ3) is 3.15. The first kappa shape index (κ1) is 13.6. The number of hydrogen-bond acceptors (Lipinski definition) is 4. The molecule has 0 saturated carbocycles. The highest BCUT2D eigenvalue weighted by Gasteiger charge is 2.25. The molecule has 0 aromatic heterocycles. The number of ether oxygens (including phenoxy) is 3. The van der Waals surface area contributed by atoms with E-state index in [1.165, 1.54) is 13.2 Å². The van der Waals surface area contributed by atoms with Crippen LogP contribution in [0.5, 0.6) is 0 Å². The maximum Gasteiger partial charge on any atom is 0.330 e. The Kier molecular flexibility index (Phi) is 4.24. The van der Waals surface area contributed by atoms with Gasteiger partial charge in [-0.1, -0.05) is 0 Å². The molecule has 102 valence electrons. The van der Waals surface area contributed by atoms with Crippen LogP contribution in [0.2, 0.25) is 0 Å². The fourth-order valence-electron chi connectivity index (χ4n) is 1.68. The van der Waals surface area contributed by atoms with Gasteiger partial charge in [0, 0.05) is 6.08 Å². The molecule has 1 aliphatic heterocycles. The Hall–Kier alpha value is -1.79. The van der Waals surface area contributed by atoms with Gasteiger partial charge in [0.1, 0.15) is 11.6 Å². The van der Waals surface area contributed by atoms with E-state index in [2.05, 4.69) is 4.74 Å². The smallest absolute Gasteiger partial charge is 0.330 e. The van der Waals surface area contributed by atoms with Crippen LogP contribution in [0.15, 0.2) is 18.2 Å². The van der Waals surface area contributed by atoms with Crippen LogP contribution in [0.3, 0.4) is 0 Å². The Morgan fingerprint density at radius 3 is 2.42 bits per heavy atom. The zero-order chi connectivity index (χ0) is 13.8. The lowest BCUT2D eigenvalue weighted by atomic mass is 10.1. The standard InChI is InChI=1S/C13H12F2O4/c1-17-11(16)3-2-8-6-9(14)12(10(15)7-8)13-18-4-5-19-13/h2-3,6-7,13H,4-5H2,1H3/b3-2+. The number of hydrogen-bond donors (Lipinski definition) is 0. The minimum Gasteiger partial charge on any atom is -0.466 e. The van der Waals surface area contributed by atoms with E-state index in [9.17, 15) is 13.6 Å². The molecule has 0 radical (unpaired) electrons. The van der Waals surface area contributed by atoms with Gasteiger partial charge in [0.15, 0.2) is 6.29 Å². The third-order valence-corrected chi connectivity index (χ3v) is 2.57. The molecule has 0 spiro atoms. The molecule has 1 aromatic rings. The van der Waals surface area contributed by atoms with Crippen molar-refractivity contribution >= 4 is 12.0 Å². The molecule has 2 rings (SSSR count). The van der Waals surface area contributed by atoms with Gasteiger partial charge < -0.3 is 14.2 Å². The second-order valence-electron chi connectivity index (χ2n) is 3.83. The summed E-state index contributed by atoms with van der Waals surface area (Å²) in [5.74, 6) is -2.17. The first-order valence-corrected chi connectivity index (χ1v) is 5.60. The van der Waals surface area contributed by atoms with Gasteiger partial charge in [-0.2, -0.15) is 0 Å². The molecule has 1 fully saturated rings. The monoisotopic (exact) mass is 270 g/mol. The lowest BCUT2D eigenvalue weighted by molar-refractivity contribution is -0.134. The van der Waals surface area contributed by atoms with Gasteiger partial charge in [0.25, 0.3) is 0 Å². The summed E-state index contributed by atoms with van der Waals surface area (Å²) in [5.41, 5.74) is -0.0464. The van der Waals surface area contributed by atoms with Crippen molar-refractivity contribution in [3.8, 4) is 0 Å². The van der Waals surface area contributed by atoms with Crippen molar-refractivity contribution in [3.63, 3.8) is 0 Å². The Morgan fingerprint density at radius 1 is 1.32 bits per heavy atom. The molecule has 1 saturated heterocycles. The van der Waals surface area contributed by atoms with Crippen molar-refractivity contribution in [2.45, 2.75) is 6.29 Å². The average Bonchev–Trinajstić information content (AvgIpc) is 2.88. The number of benzene rings is 1. The predicted octanol–water partition coefficient (Wildman–Crippen LogP) is 2.20. The van der Waals surface area contributed by atoms with Crippen molar-refractivity contribution in [2.75, 3.05) is 20.3 Å². The van der Waals surface area contributed by atoms with Crippen molar-refractivity contribution in [1.29, 1.82) is 0 Å². The lowest BCUT2D eigenvalue weighted by Crippen LogP contribution is -2.05. The molecule has 0 aliphatic carbocycles. The van der Waals surface area contributed by atoms with Crippen molar-refractivity contribution in [3.05, 3.63) is 41.0 Å². The Balaban J connectivity index is 2.26. The zero-order valence-electron chi connectivity index (χ0n) is 10.2. The number of carbonyl (C=O) groups is 1. The molecule has 1 aromatic carbocycles. The second-order valence-corrected chi connectivity index (χ2v) is 3.83. The largest absolute Gasteiger partial charge is 0.466 e. The molecular formula is C13H12F2O4. The van der Waals surface area contributed by atoms with Crippen molar-refractivity contribution in [2.24, 2.45) is 0 Å². The molecule has 0 bridgehead atoms.